The van der Waals surface area contributed by atoms with Gasteiger partial charge >= 0.3 is 0 Å². The molecular formula is C11H16Cl2FNO2. The lowest BCUT2D eigenvalue weighted by atomic mass is 10.0. The Morgan fingerprint density at radius 1 is 1.35 bits per heavy atom. The molecule has 0 saturated heterocycles. The Labute approximate surface area is 111 Å². The third kappa shape index (κ3) is 3.63. The van der Waals surface area contributed by atoms with Crippen LogP contribution in [0.4, 0.5) is 4.39 Å². The molecule has 1 aromatic carbocycles. The molecule has 0 spiro atoms. The lowest BCUT2D eigenvalue weighted by Crippen LogP contribution is -2.12. The molecule has 98 valence electrons. The van der Waals surface area contributed by atoms with Crippen LogP contribution in [0.25, 0.3) is 0 Å². The first-order valence-electron chi connectivity index (χ1n) is 4.87. The van der Waals surface area contributed by atoms with Gasteiger partial charge in [0.25, 0.3) is 0 Å². The molecule has 0 aliphatic carbocycles. The molecule has 0 unspecified atom stereocenters. The Balaban J connectivity index is 0.00000256. The summed E-state index contributed by atoms with van der Waals surface area (Å²) in [6.45, 7) is -0.480. The molecule has 1 rings (SSSR count). The first kappa shape index (κ1) is 16.3. The minimum Gasteiger partial charge on any atom is -0.493 e. The average molecular weight is 284 g/mol. The Bertz CT molecular complexity index is 364. The summed E-state index contributed by atoms with van der Waals surface area (Å²) in [6, 6.07) is 3.00. The van der Waals surface area contributed by atoms with Crippen LogP contribution in [0.1, 0.15) is 18.0 Å². The Kier molecular flexibility index (Phi) is 7.27. The molecule has 1 atom stereocenters. The molecule has 1 aromatic rings. The van der Waals surface area contributed by atoms with E-state index in [-0.39, 0.29) is 18.8 Å². The summed E-state index contributed by atoms with van der Waals surface area (Å²) >= 11 is 6.12. The molecule has 0 heterocycles. The maximum absolute atomic E-state index is 12.2. The molecule has 6 heteroatoms. The van der Waals surface area contributed by atoms with Crippen molar-refractivity contribution in [3.63, 3.8) is 0 Å². The third-order valence-corrected chi connectivity index (χ3v) is 2.72. The van der Waals surface area contributed by atoms with Crippen molar-refractivity contribution < 1.29 is 13.9 Å². The number of hydrogen-bond donors (Lipinski definition) is 1. The van der Waals surface area contributed by atoms with Crippen molar-refractivity contribution in [2.75, 3.05) is 20.9 Å². The number of nitrogens with two attached hydrogens (primary N) is 1. The molecule has 17 heavy (non-hydrogen) atoms. The van der Waals surface area contributed by atoms with Crippen LogP contribution in [0.2, 0.25) is 5.02 Å². The van der Waals surface area contributed by atoms with E-state index in [9.17, 15) is 4.39 Å². The molecule has 0 bridgehead atoms. The predicted molar refractivity (Wildman–Crippen MR) is 69.3 cm³/mol. The van der Waals surface area contributed by atoms with Gasteiger partial charge in [0.15, 0.2) is 11.5 Å². The molecule has 2 N–H and O–H groups in total. The summed E-state index contributed by atoms with van der Waals surface area (Å²) in [5.74, 6) is 0.958. The van der Waals surface area contributed by atoms with E-state index in [1.54, 1.807) is 12.1 Å². The molecule has 3 nitrogen and oxygen atoms in total. The number of alkyl halides is 1. The van der Waals surface area contributed by atoms with Crippen LogP contribution >= 0.6 is 24.0 Å². The van der Waals surface area contributed by atoms with Crippen LogP contribution in [0.5, 0.6) is 11.5 Å². The van der Waals surface area contributed by atoms with E-state index < -0.39 is 12.7 Å². The summed E-state index contributed by atoms with van der Waals surface area (Å²) in [5.41, 5.74) is 6.46. The quantitative estimate of drug-likeness (QED) is 0.903. The van der Waals surface area contributed by atoms with Crippen LogP contribution < -0.4 is 15.2 Å². The largest absolute Gasteiger partial charge is 0.493 e. The highest BCUT2D eigenvalue weighted by atomic mass is 35.5. The van der Waals surface area contributed by atoms with Gasteiger partial charge in [-0.25, -0.2) is 0 Å². The van der Waals surface area contributed by atoms with E-state index in [1.807, 2.05) is 0 Å². The number of halogens is 3. The second kappa shape index (κ2) is 7.58. The van der Waals surface area contributed by atoms with Crippen LogP contribution in [0.3, 0.4) is 0 Å². The first-order chi connectivity index (χ1) is 7.65. The van der Waals surface area contributed by atoms with Gasteiger partial charge in [-0.05, 0) is 18.1 Å². The van der Waals surface area contributed by atoms with Gasteiger partial charge in [0.2, 0.25) is 0 Å². The van der Waals surface area contributed by atoms with E-state index in [0.29, 0.717) is 22.1 Å². The summed E-state index contributed by atoms with van der Waals surface area (Å²) in [7, 11) is 3.02. The van der Waals surface area contributed by atoms with Gasteiger partial charge in [-0.3, -0.25) is 4.39 Å². The van der Waals surface area contributed by atoms with Crippen molar-refractivity contribution in [2.45, 2.75) is 12.5 Å². The topological polar surface area (TPSA) is 44.5 Å². The number of rotatable bonds is 5. The monoisotopic (exact) mass is 283 g/mol. The van der Waals surface area contributed by atoms with E-state index in [1.165, 1.54) is 14.2 Å². The SMILES string of the molecule is COc1ccc([C@@H](N)CCF)c(Cl)c1OC.Cl. The maximum atomic E-state index is 12.2. The van der Waals surface area contributed by atoms with Crippen molar-refractivity contribution in [3.8, 4) is 11.5 Å². The van der Waals surface area contributed by atoms with E-state index >= 15 is 0 Å². The zero-order valence-electron chi connectivity index (χ0n) is 9.70. The number of benzene rings is 1. The van der Waals surface area contributed by atoms with Gasteiger partial charge in [-0.15, -0.1) is 12.4 Å². The van der Waals surface area contributed by atoms with Gasteiger partial charge in [0.05, 0.1) is 25.9 Å². The lowest BCUT2D eigenvalue weighted by Gasteiger charge is -2.16. The fourth-order valence-electron chi connectivity index (χ4n) is 1.46. The summed E-state index contributed by atoms with van der Waals surface area (Å²) in [5, 5.41) is 0.378. The second-order valence-corrected chi connectivity index (χ2v) is 3.67. The van der Waals surface area contributed by atoms with Crippen molar-refractivity contribution in [1.29, 1.82) is 0 Å². The first-order valence-corrected chi connectivity index (χ1v) is 5.25. The number of ether oxygens (including phenoxy) is 2. The maximum Gasteiger partial charge on any atom is 0.179 e. The van der Waals surface area contributed by atoms with E-state index in [4.69, 9.17) is 26.8 Å². The Morgan fingerprint density at radius 3 is 2.47 bits per heavy atom. The van der Waals surface area contributed by atoms with E-state index in [0.717, 1.165) is 0 Å². The van der Waals surface area contributed by atoms with Crippen LogP contribution in [0, 0.1) is 0 Å². The van der Waals surface area contributed by atoms with Crippen LogP contribution in [-0.2, 0) is 0 Å². The summed E-state index contributed by atoms with van der Waals surface area (Å²) in [4.78, 5) is 0. The zero-order chi connectivity index (χ0) is 12.1. The molecule has 0 aliphatic rings. The predicted octanol–water partition coefficient (Wildman–Crippen LogP) is 3.14. The molecule has 0 aromatic heterocycles. The second-order valence-electron chi connectivity index (χ2n) is 3.29. The highest BCUT2D eigenvalue weighted by Crippen LogP contribution is 2.39. The molecule has 0 amide bonds. The molecular weight excluding hydrogens is 268 g/mol. The molecule has 0 radical (unpaired) electrons. The van der Waals surface area contributed by atoms with Gasteiger partial charge in [0, 0.05) is 6.04 Å². The molecule has 0 fully saturated rings. The van der Waals surface area contributed by atoms with Gasteiger partial charge in [-0.2, -0.15) is 0 Å². The standard InChI is InChI=1S/C11H15ClFNO2.ClH/c1-15-9-4-3-7(8(14)5-6-13)10(12)11(9)16-2;/h3-4,8H,5-6,14H2,1-2H3;1H/t8-;/m0./s1. The Hall–Kier alpha value is -0.710. The van der Waals surface area contributed by atoms with Gasteiger partial charge in [0.1, 0.15) is 0 Å². The van der Waals surface area contributed by atoms with E-state index in [2.05, 4.69) is 0 Å². The smallest absolute Gasteiger partial charge is 0.179 e. The zero-order valence-corrected chi connectivity index (χ0v) is 11.3. The van der Waals surface area contributed by atoms with Crippen molar-refractivity contribution in [1.82, 2.24) is 0 Å². The number of hydrogen-bond acceptors (Lipinski definition) is 3. The van der Waals surface area contributed by atoms with Crippen molar-refractivity contribution >= 4 is 24.0 Å². The van der Waals surface area contributed by atoms with Gasteiger partial charge < -0.3 is 15.2 Å². The highest BCUT2D eigenvalue weighted by Gasteiger charge is 2.17. The average Bonchev–Trinajstić information content (AvgIpc) is 2.28. The summed E-state index contributed by atoms with van der Waals surface area (Å²) < 4.78 is 22.4. The highest BCUT2D eigenvalue weighted by molar-refractivity contribution is 6.33. The molecule has 0 saturated carbocycles. The summed E-state index contributed by atoms with van der Waals surface area (Å²) in [6.07, 6.45) is 0.231. The van der Waals surface area contributed by atoms with Crippen molar-refractivity contribution in [2.24, 2.45) is 5.73 Å². The van der Waals surface area contributed by atoms with Crippen LogP contribution in [0.15, 0.2) is 12.1 Å². The third-order valence-electron chi connectivity index (χ3n) is 2.33. The van der Waals surface area contributed by atoms with Crippen LogP contribution in [-0.4, -0.2) is 20.9 Å². The Morgan fingerprint density at radius 2 is 2.00 bits per heavy atom. The minimum atomic E-state index is -0.480. The number of methoxy groups -OCH3 is 2. The normalized spacial score (nSPS) is 11.6. The fourth-order valence-corrected chi connectivity index (χ4v) is 1.84. The fraction of sp³-hybridized carbons (Fsp3) is 0.455. The van der Waals surface area contributed by atoms with Crippen molar-refractivity contribution in [3.05, 3.63) is 22.7 Å². The minimum absolute atomic E-state index is 0. The van der Waals surface area contributed by atoms with Gasteiger partial charge in [-0.1, -0.05) is 17.7 Å². The lowest BCUT2D eigenvalue weighted by molar-refractivity contribution is 0.354. The molecule has 0 aliphatic heterocycles.